The molecular formula is C20H26N2O3S. The predicted octanol–water partition coefficient (Wildman–Crippen LogP) is 3.83. The van der Waals surface area contributed by atoms with Gasteiger partial charge in [0, 0.05) is 5.69 Å². The molecule has 0 aliphatic heterocycles. The van der Waals surface area contributed by atoms with E-state index >= 15 is 0 Å². The maximum Gasteiger partial charge on any atom is 0.245 e. The molecule has 6 heteroatoms. The minimum atomic E-state index is -3.62. The third-order valence-corrected chi connectivity index (χ3v) is 5.36. The van der Waals surface area contributed by atoms with Gasteiger partial charge in [0.25, 0.3) is 0 Å². The molecule has 2 aromatic carbocycles. The topological polar surface area (TPSA) is 66.5 Å². The zero-order valence-electron chi connectivity index (χ0n) is 15.9. The summed E-state index contributed by atoms with van der Waals surface area (Å²) in [4.78, 5) is 12.6. The molecule has 1 N–H and O–H groups in total. The molecule has 1 amide bonds. The average Bonchev–Trinajstić information content (AvgIpc) is 2.54. The number of hydrogen-bond acceptors (Lipinski definition) is 3. The van der Waals surface area contributed by atoms with Gasteiger partial charge in [0.1, 0.15) is 6.54 Å². The van der Waals surface area contributed by atoms with E-state index in [1.165, 1.54) is 4.31 Å². The highest BCUT2D eigenvalue weighted by Crippen LogP contribution is 2.32. The molecule has 0 bridgehead atoms. The van der Waals surface area contributed by atoms with Crippen molar-refractivity contribution in [2.24, 2.45) is 0 Å². The monoisotopic (exact) mass is 374 g/mol. The molecule has 0 atom stereocenters. The Morgan fingerprint density at radius 2 is 1.65 bits per heavy atom. The zero-order chi connectivity index (χ0) is 19.5. The van der Waals surface area contributed by atoms with E-state index in [-0.39, 0.29) is 18.4 Å². The third kappa shape index (κ3) is 4.64. The van der Waals surface area contributed by atoms with Gasteiger partial charge in [-0.15, -0.1) is 0 Å². The van der Waals surface area contributed by atoms with Gasteiger partial charge in [-0.3, -0.25) is 9.10 Å². The summed E-state index contributed by atoms with van der Waals surface area (Å²) in [6.45, 7) is 7.50. The van der Waals surface area contributed by atoms with E-state index in [2.05, 4.69) is 5.32 Å². The predicted molar refractivity (Wildman–Crippen MR) is 107 cm³/mol. The van der Waals surface area contributed by atoms with E-state index < -0.39 is 10.0 Å². The lowest BCUT2D eigenvalue weighted by Gasteiger charge is -2.27. The Morgan fingerprint density at radius 1 is 1.04 bits per heavy atom. The van der Waals surface area contributed by atoms with Crippen LogP contribution in [0.15, 0.2) is 42.5 Å². The molecule has 0 saturated heterocycles. The van der Waals surface area contributed by atoms with Gasteiger partial charge in [-0.05, 0) is 42.5 Å². The summed E-state index contributed by atoms with van der Waals surface area (Å²) in [5.41, 5.74) is 3.92. The summed E-state index contributed by atoms with van der Waals surface area (Å²) < 4.78 is 26.1. The highest BCUT2D eigenvalue weighted by atomic mass is 32.2. The Morgan fingerprint density at radius 3 is 2.23 bits per heavy atom. The van der Waals surface area contributed by atoms with E-state index in [1.807, 2.05) is 64.1 Å². The van der Waals surface area contributed by atoms with Crippen LogP contribution in [0.25, 0.3) is 0 Å². The maximum atomic E-state index is 12.6. The van der Waals surface area contributed by atoms with Gasteiger partial charge in [-0.25, -0.2) is 8.42 Å². The molecule has 0 aliphatic rings. The number of benzene rings is 2. The summed E-state index contributed by atoms with van der Waals surface area (Å²) in [6, 6.07) is 13.1. The van der Waals surface area contributed by atoms with Crippen molar-refractivity contribution in [3.8, 4) is 0 Å². The fraction of sp³-hybridized carbons (Fsp3) is 0.350. The van der Waals surface area contributed by atoms with Gasteiger partial charge in [-0.1, -0.05) is 50.2 Å². The molecule has 2 rings (SSSR count). The molecule has 0 fully saturated rings. The Bertz CT molecular complexity index is 905. The summed E-state index contributed by atoms with van der Waals surface area (Å²) in [5, 5.41) is 2.81. The van der Waals surface area contributed by atoms with Crippen LogP contribution in [0, 0.1) is 13.8 Å². The molecular weight excluding hydrogens is 348 g/mol. The number of para-hydroxylation sites is 2. The highest BCUT2D eigenvalue weighted by Gasteiger charge is 2.25. The quantitative estimate of drug-likeness (QED) is 0.835. The first-order valence-electron chi connectivity index (χ1n) is 8.54. The van der Waals surface area contributed by atoms with E-state index in [4.69, 9.17) is 0 Å². The van der Waals surface area contributed by atoms with Gasteiger partial charge in [0.15, 0.2) is 0 Å². The molecule has 26 heavy (non-hydrogen) atoms. The van der Waals surface area contributed by atoms with Gasteiger partial charge >= 0.3 is 0 Å². The van der Waals surface area contributed by atoms with Crippen LogP contribution in [0.1, 0.15) is 36.5 Å². The molecule has 140 valence electrons. The van der Waals surface area contributed by atoms with Crippen LogP contribution in [-0.4, -0.2) is 27.1 Å². The first kappa shape index (κ1) is 20.0. The van der Waals surface area contributed by atoms with Crippen molar-refractivity contribution >= 4 is 27.3 Å². The van der Waals surface area contributed by atoms with E-state index in [1.54, 1.807) is 6.07 Å². The summed E-state index contributed by atoms with van der Waals surface area (Å²) in [7, 11) is -3.62. The molecule has 0 radical (unpaired) electrons. The van der Waals surface area contributed by atoms with Gasteiger partial charge in [-0.2, -0.15) is 0 Å². The minimum Gasteiger partial charge on any atom is -0.324 e. The van der Waals surface area contributed by atoms with Gasteiger partial charge < -0.3 is 5.32 Å². The molecule has 2 aromatic rings. The van der Waals surface area contributed by atoms with Crippen LogP contribution in [0.5, 0.6) is 0 Å². The number of hydrogen-bond donors (Lipinski definition) is 1. The normalized spacial score (nSPS) is 11.5. The fourth-order valence-corrected chi connectivity index (χ4v) is 3.82. The lowest BCUT2D eigenvalue weighted by Crippen LogP contribution is -2.38. The molecule has 0 saturated carbocycles. The number of carbonyl (C=O) groups is 1. The van der Waals surface area contributed by atoms with Crippen molar-refractivity contribution < 1.29 is 13.2 Å². The van der Waals surface area contributed by atoms with Crippen LogP contribution < -0.4 is 9.62 Å². The van der Waals surface area contributed by atoms with E-state index in [9.17, 15) is 13.2 Å². The molecule has 0 heterocycles. The number of nitrogens with one attached hydrogen (secondary N) is 1. The van der Waals surface area contributed by atoms with Crippen molar-refractivity contribution in [1.82, 2.24) is 0 Å². The second-order valence-electron chi connectivity index (χ2n) is 6.80. The third-order valence-electron chi connectivity index (χ3n) is 4.25. The van der Waals surface area contributed by atoms with Gasteiger partial charge in [0.05, 0.1) is 11.9 Å². The summed E-state index contributed by atoms with van der Waals surface area (Å²) in [6.07, 6.45) is 1.13. The van der Waals surface area contributed by atoms with Crippen LogP contribution >= 0.6 is 0 Å². The van der Waals surface area contributed by atoms with E-state index in [0.717, 1.165) is 22.9 Å². The lowest BCUT2D eigenvalue weighted by atomic mass is 9.98. The molecule has 0 aliphatic carbocycles. The average molecular weight is 375 g/mol. The largest absolute Gasteiger partial charge is 0.324 e. The van der Waals surface area contributed by atoms with Crippen LogP contribution in [0.2, 0.25) is 0 Å². The zero-order valence-corrected chi connectivity index (χ0v) is 16.7. The summed E-state index contributed by atoms with van der Waals surface area (Å²) >= 11 is 0. The maximum absolute atomic E-state index is 12.6. The second kappa shape index (κ2) is 7.91. The second-order valence-corrected chi connectivity index (χ2v) is 8.71. The molecule has 0 unspecified atom stereocenters. The first-order chi connectivity index (χ1) is 12.1. The number of aryl methyl sites for hydroxylation is 2. The van der Waals surface area contributed by atoms with Crippen LogP contribution in [-0.2, 0) is 14.8 Å². The van der Waals surface area contributed by atoms with Gasteiger partial charge in [0.2, 0.25) is 15.9 Å². The van der Waals surface area contributed by atoms with Crippen molar-refractivity contribution in [2.75, 3.05) is 22.4 Å². The Hall–Kier alpha value is -2.34. The van der Waals surface area contributed by atoms with Crippen molar-refractivity contribution in [1.29, 1.82) is 0 Å². The highest BCUT2D eigenvalue weighted by molar-refractivity contribution is 7.92. The Kier molecular flexibility index (Phi) is 6.08. The Balaban J connectivity index is 2.39. The standard InChI is InChI=1S/C20H26N2O3S/c1-14(2)17-11-8-10-16(4)20(17)22(26(5,24)25)13-19(23)21-18-12-7-6-9-15(18)3/h6-12,14H,13H2,1-5H3,(H,21,23). The van der Waals surface area contributed by atoms with Crippen LogP contribution in [0.3, 0.4) is 0 Å². The first-order valence-corrected chi connectivity index (χ1v) is 10.4. The number of amides is 1. The van der Waals surface area contributed by atoms with Crippen molar-refractivity contribution in [3.63, 3.8) is 0 Å². The van der Waals surface area contributed by atoms with Crippen molar-refractivity contribution in [3.05, 3.63) is 59.2 Å². The SMILES string of the molecule is Cc1ccccc1NC(=O)CN(c1c(C)cccc1C(C)C)S(C)(=O)=O. The molecule has 0 aromatic heterocycles. The number of sulfonamides is 1. The number of rotatable bonds is 6. The Labute approximate surface area is 156 Å². The smallest absolute Gasteiger partial charge is 0.245 e. The number of anilines is 2. The van der Waals surface area contributed by atoms with E-state index in [0.29, 0.717) is 11.4 Å². The number of carbonyl (C=O) groups excluding carboxylic acids is 1. The van der Waals surface area contributed by atoms with Crippen molar-refractivity contribution in [2.45, 2.75) is 33.6 Å². The fourth-order valence-electron chi connectivity index (χ4n) is 2.88. The number of nitrogens with zero attached hydrogens (tertiary/aromatic N) is 1. The molecule has 5 nitrogen and oxygen atoms in total. The minimum absolute atomic E-state index is 0.133. The molecule has 0 spiro atoms. The van der Waals surface area contributed by atoms with Crippen LogP contribution in [0.4, 0.5) is 11.4 Å². The summed E-state index contributed by atoms with van der Waals surface area (Å²) in [5.74, 6) is -0.240. The lowest BCUT2D eigenvalue weighted by molar-refractivity contribution is -0.114.